The van der Waals surface area contributed by atoms with Gasteiger partial charge in [-0.1, -0.05) is 0 Å². The molecule has 1 saturated heterocycles. The summed E-state index contributed by atoms with van der Waals surface area (Å²) in [7, 11) is 0. The van der Waals surface area contributed by atoms with Gasteiger partial charge in [-0.2, -0.15) is 5.26 Å². The molecule has 0 aromatic carbocycles. The van der Waals surface area contributed by atoms with Crippen LogP contribution in [0.5, 0.6) is 0 Å². The van der Waals surface area contributed by atoms with E-state index in [4.69, 9.17) is 4.74 Å². The molecule has 2 amide bonds. The summed E-state index contributed by atoms with van der Waals surface area (Å²) in [5.74, 6) is 1.44. The SMILES string of the molecule is N#Cc1cnc2c(c1)N(CCN[C@H]1CC[C@H]3[C@H](C1)OC(O)N3c1ccc3c(n1)NC(=O)CS3)C(=O)CC2. The Kier molecular flexibility index (Phi) is 6.46. The third kappa shape index (κ3) is 4.64. The van der Waals surface area contributed by atoms with Gasteiger partial charge < -0.3 is 30.3 Å². The molecule has 2 aromatic rings. The monoisotopic (exact) mass is 521 g/mol. The van der Waals surface area contributed by atoms with Crippen LogP contribution in [-0.2, 0) is 20.7 Å². The highest BCUT2D eigenvalue weighted by atomic mass is 32.2. The normalized spacial score (nSPS) is 26.7. The number of nitrogens with one attached hydrogen (secondary N) is 2. The lowest BCUT2D eigenvalue weighted by molar-refractivity contribution is -0.119. The van der Waals surface area contributed by atoms with E-state index in [2.05, 4.69) is 26.7 Å². The predicted molar refractivity (Wildman–Crippen MR) is 136 cm³/mol. The van der Waals surface area contributed by atoms with E-state index in [-0.39, 0.29) is 30.0 Å². The van der Waals surface area contributed by atoms with Gasteiger partial charge in [0, 0.05) is 38.2 Å². The predicted octanol–water partition coefficient (Wildman–Crippen LogP) is 1.36. The number of rotatable bonds is 5. The Morgan fingerprint density at radius 3 is 3.05 bits per heavy atom. The maximum atomic E-state index is 12.6. The number of carbonyl (C=O) groups is 2. The molecule has 192 valence electrons. The van der Waals surface area contributed by atoms with Gasteiger partial charge in [-0.3, -0.25) is 14.6 Å². The molecule has 12 heteroatoms. The number of nitrogens with zero attached hydrogens (tertiary/aromatic N) is 5. The summed E-state index contributed by atoms with van der Waals surface area (Å²) in [6.45, 7) is 1.09. The van der Waals surface area contributed by atoms with Gasteiger partial charge in [-0.05, 0) is 37.5 Å². The van der Waals surface area contributed by atoms with Crippen molar-refractivity contribution in [3.05, 3.63) is 35.7 Å². The zero-order valence-electron chi connectivity index (χ0n) is 20.1. The molecule has 11 nitrogen and oxygen atoms in total. The fraction of sp³-hybridized carbons (Fsp3) is 0.480. The summed E-state index contributed by atoms with van der Waals surface area (Å²) in [6.07, 6.45) is 3.71. The van der Waals surface area contributed by atoms with Crippen LogP contribution in [0.2, 0.25) is 0 Å². The summed E-state index contributed by atoms with van der Waals surface area (Å²) < 4.78 is 5.92. The minimum Gasteiger partial charge on any atom is -0.351 e. The van der Waals surface area contributed by atoms with E-state index in [9.17, 15) is 20.0 Å². The summed E-state index contributed by atoms with van der Waals surface area (Å²) in [6, 6.07) is 7.79. The minimum absolute atomic E-state index is 0.0171. The second kappa shape index (κ2) is 9.90. The van der Waals surface area contributed by atoms with Crippen molar-refractivity contribution in [2.45, 2.75) is 61.6 Å². The van der Waals surface area contributed by atoms with E-state index in [0.29, 0.717) is 48.9 Å². The molecular weight excluding hydrogens is 494 g/mol. The van der Waals surface area contributed by atoms with E-state index < -0.39 is 6.41 Å². The number of amides is 2. The smallest absolute Gasteiger partial charge is 0.239 e. The molecule has 0 spiro atoms. The Hall–Kier alpha value is -3.24. The molecule has 4 atom stereocenters. The van der Waals surface area contributed by atoms with Crippen LogP contribution in [0.1, 0.15) is 36.9 Å². The largest absolute Gasteiger partial charge is 0.351 e. The average molecular weight is 522 g/mol. The Morgan fingerprint density at radius 1 is 1.30 bits per heavy atom. The molecule has 1 saturated carbocycles. The third-order valence-corrected chi connectivity index (χ3v) is 8.43. The minimum atomic E-state index is -1.10. The van der Waals surface area contributed by atoms with Crippen molar-refractivity contribution < 1.29 is 19.4 Å². The summed E-state index contributed by atoms with van der Waals surface area (Å²) in [5, 5.41) is 26.3. The highest BCUT2D eigenvalue weighted by Gasteiger charge is 2.45. The molecule has 37 heavy (non-hydrogen) atoms. The number of pyridine rings is 2. The summed E-state index contributed by atoms with van der Waals surface area (Å²) >= 11 is 1.45. The number of hydrogen-bond acceptors (Lipinski definition) is 10. The Balaban J connectivity index is 1.08. The van der Waals surface area contributed by atoms with Crippen LogP contribution < -0.4 is 20.4 Å². The van der Waals surface area contributed by atoms with E-state index in [1.54, 1.807) is 22.1 Å². The van der Waals surface area contributed by atoms with Crippen molar-refractivity contribution in [2.75, 3.05) is 34.0 Å². The average Bonchev–Trinajstić information content (AvgIpc) is 3.24. The van der Waals surface area contributed by atoms with Gasteiger partial charge in [0.1, 0.15) is 17.7 Å². The number of hydrogen-bond donors (Lipinski definition) is 3. The quantitative estimate of drug-likeness (QED) is 0.528. The van der Waals surface area contributed by atoms with Gasteiger partial charge in [-0.25, -0.2) is 4.98 Å². The lowest BCUT2D eigenvalue weighted by Crippen LogP contribution is -2.48. The van der Waals surface area contributed by atoms with Crippen LogP contribution in [-0.4, -0.2) is 70.3 Å². The van der Waals surface area contributed by atoms with Crippen LogP contribution in [0.25, 0.3) is 0 Å². The van der Waals surface area contributed by atoms with Crippen molar-refractivity contribution >= 4 is 40.9 Å². The standard InChI is InChI=1S/C25H27N7O4S/c26-11-14-9-18-16(28-12-14)2-6-23(34)31(18)8-7-27-15-1-3-17-19(10-15)36-25(35)32(17)21-5-4-20-24(29-21)30-22(33)13-37-20/h4-5,9,12,15,17,19,25,27,35H,1-3,6-8,10,13H2,(H,29,30,33)/t15-,17-,19-,25?/m0/s1. The molecule has 6 rings (SSSR count). The van der Waals surface area contributed by atoms with Gasteiger partial charge in [0.15, 0.2) is 0 Å². The van der Waals surface area contributed by atoms with Crippen molar-refractivity contribution in [2.24, 2.45) is 0 Å². The zero-order chi connectivity index (χ0) is 25.5. The first kappa shape index (κ1) is 24.1. The van der Waals surface area contributed by atoms with Gasteiger partial charge in [0.2, 0.25) is 18.2 Å². The molecule has 3 N–H and O–H groups in total. The van der Waals surface area contributed by atoms with Gasteiger partial charge >= 0.3 is 0 Å². The van der Waals surface area contributed by atoms with Crippen molar-refractivity contribution in [3.8, 4) is 6.07 Å². The lowest BCUT2D eigenvalue weighted by atomic mass is 9.88. The number of fused-ring (bicyclic) bond motifs is 3. The number of aryl methyl sites for hydroxylation is 1. The van der Waals surface area contributed by atoms with Crippen molar-refractivity contribution in [3.63, 3.8) is 0 Å². The van der Waals surface area contributed by atoms with E-state index >= 15 is 0 Å². The van der Waals surface area contributed by atoms with Crippen LogP contribution >= 0.6 is 11.8 Å². The van der Waals surface area contributed by atoms with E-state index in [0.717, 1.165) is 35.5 Å². The zero-order valence-corrected chi connectivity index (χ0v) is 20.9. The van der Waals surface area contributed by atoms with Crippen LogP contribution in [0.4, 0.5) is 17.3 Å². The summed E-state index contributed by atoms with van der Waals surface area (Å²) in [5.41, 5.74) is 2.02. The fourth-order valence-electron chi connectivity index (χ4n) is 5.62. The van der Waals surface area contributed by atoms with Crippen LogP contribution in [0.15, 0.2) is 29.3 Å². The first-order chi connectivity index (χ1) is 18.0. The topological polar surface area (TPSA) is 144 Å². The Morgan fingerprint density at radius 2 is 2.19 bits per heavy atom. The van der Waals surface area contributed by atoms with Gasteiger partial charge in [-0.15, -0.1) is 11.8 Å². The maximum absolute atomic E-state index is 12.6. The number of anilines is 3. The molecule has 2 aromatic heterocycles. The van der Waals surface area contributed by atoms with Crippen molar-refractivity contribution in [1.29, 1.82) is 5.26 Å². The second-order valence-corrected chi connectivity index (χ2v) is 10.7. The highest BCUT2D eigenvalue weighted by molar-refractivity contribution is 8.00. The first-order valence-corrected chi connectivity index (χ1v) is 13.5. The molecule has 0 radical (unpaired) electrons. The number of aromatic nitrogens is 2. The number of aliphatic hydroxyl groups is 1. The molecule has 1 unspecified atom stereocenters. The second-order valence-electron chi connectivity index (χ2n) is 9.64. The fourth-order valence-corrected chi connectivity index (χ4v) is 6.37. The first-order valence-electron chi connectivity index (χ1n) is 12.5. The third-order valence-electron chi connectivity index (χ3n) is 7.39. The summed E-state index contributed by atoms with van der Waals surface area (Å²) in [4.78, 5) is 37.8. The van der Waals surface area contributed by atoms with Gasteiger partial charge in [0.05, 0.1) is 39.7 Å². The molecule has 3 aliphatic heterocycles. The highest BCUT2D eigenvalue weighted by Crippen LogP contribution is 2.39. The number of ether oxygens (including phenoxy) is 1. The number of thioether (sulfide) groups is 1. The number of nitriles is 1. The Labute approximate surface area is 218 Å². The van der Waals surface area contributed by atoms with Crippen molar-refractivity contribution in [1.82, 2.24) is 15.3 Å². The number of aliphatic hydroxyl groups excluding tert-OH is 1. The van der Waals surface area contributed by atoms with Crippen LogP contribution in [0, 0.1) is 11.3 Å². The van der Waals surface area contributed by atoms with Gasteiger partial charge in [0.25, 0.3) is 0 Å². The molecule has 5 heterocycles. The Bertz CT molecular complexity index is 1280. The molecular formula is C25H27N7O4S. The van der Waals surface area contributed by atoms with E-state index in [1.807, 2.05) is 12.1 Å². The maximum Gasteiger partial charge on any atom is 0.239 e. The molecule has 4 aliphatic rings. The number of carbonyl (C=O) groups excluding carboxylic acids is 2. The molecule has 2 fully saturated rings. The molecule has 0 bridgehead atoms. The molecule has 1 aliphatic carbocycles. The van der Waals surface area contributed by atoms with E-state index in [1.165, 1.54) is 11.8 Å². The lowest BCUT2D eigenvalue weighted by Gasteiger charge is -2.35. The van der Waals surface area contributed by atoms with Crippen LogP contribution in [0.3, 0.4) is 0 Å².